The Hall–Kier alpha value is -1.55. The number of carbonyl (C=O) groups is 1. The lowest BCUT2D eigenvalue weighted by atomic mass is 10.2. The molecular formula is C11H15NO3. The number of aliphatic carboxylic acids is 1. The summed E-state index contributed by atoms with van der Waals surface area (Å²) in [6, 6.07) is 6.83. The molecule has 4 nitrogen and oxygen atoms in total. The highest BCUT2D eigenvalue weighted by Crippen LogP contribution is 2.12. The number of hydrogen-bond acceptors (Lipinski definition) is 3. The smallest absolute Gasteiger partial charge is 0.324 e. The van der Waals surface area contributed by atoms with Crippen LogP contribution in [0.3, 0.4) is 0 Å². The monoisotopic (exact) mass is 209 g/mol. The van der Waals surface area contributed by atoms with Gasteiger partial charge in [0, 0.05) is 0 Å². The van der Waals surface area contributed by atoms with Gasteiger partial charge in [0.2, 0.25) is 0 Å². The first-order valence-electron chi connectivity index (χ1n) is 4.73. The number of nitrogens with one attached hydrogen (secondary N) is 1. The molecule has 1 atom stereocenters. The molecule has 0 radical (unpaired) electrons. The lowest BCUT2D eigenvalue weighted by Gasteiger charge is -2.12. The van der Waals surface area contributed by atoms with Crippen LogP contribution >= 0.6 is 0 Å². The minimum absolute atomic E-state index is 0.120. The second kappa shape index (κ2) is 5.36. The summed E-state index contributed by atoms with van der Waals surface area (Å²) in [4.78, 5) is 10.7. The predicted molar refractivity (Wildman–Crippen MR) is 57.2 cm³/mol. The summed E-state index contributed by atoms with van der Waals surface area (Å²) in [6.45, 7) is 2.08. The lowest BCUT2D eigenvalue weighted by molar-refractivity contribution is -0.140. The average Bonchev–Trinajstić information content (AvgIpc) is 2.18. The number of ether oxygens (including phenoxy) is 1. The predicted octanol–water partition coefficient (Wildman–Crippen LogP) is 1.05. The highest BCUT2D eigenvalue weighted by atomic mass is 16.5. The van der Waals surface area contributed by atoms with Crippen molar-refractivity contribution >= 4 is 5.97 Å². The van der Waals surface area contributed by atoms with Crippen molar-refractivity contribution in [1.82, 2.24) is 5.32 Å². The molecule has 0 spiro atoms. The van der Waals surface area contributed by atoms with Crippen LogP contribution in [0.2, 0.25) is 0 Å². The van der Waals surface area contributed by atoms with Gasteiger partial charge in [0.1, 0.15) is 18.4 Å². The normalized spacial score (nSPS) is 12.1. The zero-order valence-corrected chi connectivity index (χ0v) is 8.86. The summed E-state index contributed by atoms with van der Waals surface area (Å²) in [7, 11) is 1.60. The molecule has 0 bridgehead atoms. The van der Waals surface area contributed by atoms with Gasteiger partial charge in [-0.3, -0.25) is 4.79 Å². The Balaban J connectivity index is 2.52. The lowest BCUT2D eigenvalue weighted by Crippen LogP contribution is -2.39. The molecule has 1 unspecified atom stereocenters. The fraction of sp³-hybridized carbons (Fsp3) is 0.364. The first-order chi connectivity index (χ1) is 7.13. The molecule has 1 rings (SSSR count). The van der Waals surface area contributed by atoms with E-state index in [4.69, 9.17) is 9.84 Å². The van der Waals surface area contributed by atoms with E-state index in [1.165, 1.54) is 0 Å². The number of likely N-dealkylation sites (N-methyl/N-ethyl adjacent to an activating group) is 1. The van der Waals surface area contributed by atoms with Crippen molar-refractivity contribution in [3.8, 4) is 5.75 Å². The van der Waals surface area contributed by atoms with Gasteiger partial charge in [0.25, 0.3) is 0 Å². The molecule has 1 aromatic rings. The van der Waals surface area contributed by atoms with Gasteiger partial charge in [0.05, 0.1) is 0 Å². The highest BCUT2D eigenvalue weighted by molar-refractivity contribution is 5.73. The zero-order chi connectivity index (χ0) is 11.3. The molecule has 0 aliphatic heterocycles. The largest absolute Gasteiger partial charge is 0.491 e. The van der Waals surface area contributed by atoms with E-state index >= 15 is 0 Å². The Labute approximate surface area is 88.9 Å². The molecule has 4 heteroatoms. The van der Waals surface area contributed by atoms with E-state index in [0.29, 0.717) is 5.75 Å². The van der Waals surface area contributed by atoms with Crippen molar-refractivity contribution in [3.05, 3.63) is 29.8 Å². The number of carboxylic acid groups (broad SMARTS) is 1. The van der Waals surface area contributed by atoms with Gasteiger partial charge in [-0.1, -0.05) is 12.1 Å². The Bertz CT molecular complexity index is 338. The average molecular weight is 209 g/mol. The third-order valence-electron chi connectivity index (χ3n) is 2.05. The van der Waals surface area contributed by atoms with Crippen LogP contribution < -0.4 is 10.1 Å². The Kier molecular flexibility index (Phi) is 4.12. The molecule has 0 aliphatic carbocycles. The van der Waals surface area contributed by atoms with Gasteiger partial charge < -0.3 is 15.2 Å². The Morgan fingerprint density at radius 3 is 2.87 bits per heavy atom. The second-order valence-electron chi connectivity index (χ2n) is 3.31. The summed E-state index contributed by atoms with van der Waals surface area (Å²) >= 11 is 0. The standard InChI is InChI=1S/C11H15NO3/c1-8-4-3-5-9(6-8)15-7-10(12-2)11(13)14/h3-6,10,12H,7H2,1-2H3,(H,13,14). The molecule has 0 fully saturated rings. The molecule has 82 valence electrons. The minimum atomic E-state index is -0.912. The van der Waals surface area contributed by atoms with Crippen LogP contribution in [0.1, 0.15) is 5.56 Å². The molecule has 0 saturated heterocycles. The SMILES string of the molecule is CNC(COc1cccc(C)c1)C(=O)O. The number of benzene rings is 1. The van der Waals surface area contributed by atoms with Crippen molar-refractivity contribution in [2.24, 2.45) is 0 Å². The fourth-order valence-electron chi connectivity index (χ4n) is 1.16. The van der Waals surface area contributed by atoms with Crippen molar-refractivity contribution in [1.29, 1.82) is 0 Å². The van der Waals surface area contributed by atoms with Crippen molar-refractivity contribution in [2.75, 3.05) is 13.7 Å². The molecule has 1 aromatic carbocycles. The van der Waals surface area contributed by atoms with E-state index in [1.807, 2.05) is 31.2 Å². The third-order valence-corrected chi connectivity index (χ3v) is 2.05. The van der Waals surface area contributed by atoms with Gasteiger partial charge in [-0.15, -0.1) is 0 Å². The molecule has 0 amide bonds. The number of hydrogen-bond donors (Lipinski definition) is 2. The maximum Gasteiger partial charge on any atom is 0.324 e. The summed E-state index contributed by atoms with van der Waals surface area (Å²) in [5, 5.41) is 11.4. The van der Waals surface area contributed by atoms with Crippen molar-refractivity contribution < 1.29 is 14.6 Å². The zero-order valence-electron chi connectivity index (χ0n) is 8.86. The van der Waals surface area contributed by atoms with E-state index in [1.54, 1.807) is 7.05 Å². The summed E-state index contributed by atoms with van der Waals surface area (Å²) < 4.78 is 5.36. The van der Waals surface area contributed by atoms with Gasteiger partial charge in [-0.25, -0.2) is 0 Å². The van der Waals surface area contributed by atoms with Gasteiger partial charge in [-0.2, -0.15) is 0 Å². The number of carboxylic acids is 1. The van der Waals surface area contributed by atoms with E-state index in [9.17, 15) is 4.79 Å². The van der Waals surface area contributed by atoms with E-state index in [0.717, 1.165) is 5.56 Å². The minimum Gasteiger partial charge on any atom is -0.491 e. The topological polar surface area (TPSA) is 58.6 Å². The third kappa shape index (κ3) is 3.59. The van der Waals surface area contributed by atoms with Gasteiger partial charge in [0.15, 0.2) is 0 Å². The first kappa shape index (κ1) is 11.5. The molecule has 0 saturated carbocycles. The Morgan fingerprint density at radius 1 is 1.60 bits per heavy atom. The molecule has 15 heavy (non-hydrogen) atoms. The quantitative estimate of drug-likeness (QED) is 0.761. The summed E-state index contributed by atoms with van der Waals surface area (Å²) in [5.74, 6) is -0.221. The molecule has 0 aliphatic rings. The summed E-state index contributed by atoms with van der Waals surface area (Å²) in [5.41, 5.74) is 1.09. The van der Waals surface area contributed by atoms with Crippen LogP contribution in [0.4, 0.5) is 0 Å². The van der Waals surface area contributed by atoms with E-state index in [2.05, 4.69) is 5.32 Å². The van der Waals surface area contributed by atoms with Crippen molar-refractivity contribution in [3.63, 3.8) is 0 Å². The van der Waals surface area contributed by atoms with Gasteiger partial charge in [-0.05, 0) is 31.7 Å². The van der Waals surface area contributed by atoms with E-state index < -0.39 is 12.0 Å². The van der Waals surface area contributed by atoms with E-state index in [-0.39, 0.29) is 6.61 Å². The summed E-state index contributed by atoms with van der Waals surface area (Å²) in [6.07, 6.45) is 0. The second-order valence-corrected chi connectivity index (χ2v) is 3.31. The molecule has 0 aromatic heterocycles. The first-order valence-corrected chi connectivity index (χ1v) is 4.73. The van der Waals surface area contributed by atoms with Crippen LogP contribution in [-0.4, -0.2) is 30.8 Å². The van der Waals surface area contributed by atoms with Crippen molar-refractivity contribution in [2.45, 2.75) is 13.0 Å². The van der Waals surface area contributed by atoms with Crippen LogP contribution in [0.15, 0.2) is 24.3 Å². The molecular weight excluding hydrogens is 194 g/mol. The fourth-order valence-corrected chi connectivity index (χ4v) is 1.16. The maximum atomic E-state index is 10.7. The number of rotatable bonds is 5. The number of aryl methyl sites for hydroxylation is 1. The maximum absolute atomic E-state index is 10.7. The van der Waals surface area contributed by atoms with Crippen LogP contribution in [-0.2, 0) is 4.79 Å². The highest BCUT2D eigenvalue weighted by Gasteiger charge is 2.15. The van der Waals surface area contributed by atoms with Crippen LogP contribution in [0.5, 0.6) is 5.75 Å². The molecule has 0 heterocycles. The van der Waals surface area contributed by atoms with Gasteiger partial charge >= 0.3 is 5.97 Å². The Morgan fingerprint density at radius 2 is 2.33 bits per heavy atom. The molecule has 2 N–H and O–H groups in total. The van der Waals surface area contributed by atoms with Crippen LogP contribution in [0, 0.1) is 6.92 Å². The van der Waals surface area contributed by atoms with Crippen LogP contribution in [0.25, 0.3) is 0 Å².